The minimum Gasteiger partial charge on any atom is -0.537 e. The van der Waals surface area contributed by atoms with Gasteiger partial charge in [-0.25, -0.2) is 14.2 Å². The van der Waals surface area contributed by atoms with Crippen molar-refractivity contribution in [2.75, 3.05) is 6.79 Å². The average molecular weight is 252 g/mol. The molecule has 0 bridgehead atoms. The molecule has 2 nitrogen and oxygen atoms in total. The van der Waals surface area contributed by atoms with Crippen LogP contribution in [-0.2, 0) is 74.9 Å². The molecule has 7 heavy (non-hydrogen) atoms. The van der Waals surface area contributed by atoms with Gasteiger partial charge >= 0.3 is 0 Å². The zero-order valence-corrected chi connectivity index (χ0v) is 9.77. The van der Waals surface area contributed by atoms with Crippen molar-refractivity contribution in [1.29, 1.82) is 0 Å². The Morgan fingerprint density at radius 1 is 1.00 bits per heavy atom. The van der Waals surface area contributed by atoms with Gasteiger partial charge in [0.2, 0.25) is 0 Å². The summed E-state index contributed by atoms with van der Waals surface area (Å²) in [5, 5.41) is 0. The Balaban J connectivity index is -0.0000000800. The molecular formula is C3H6O2Y2-2. The van der Waals surface area contributed by atoms with E-state index in [-0.39, 0.29) is 72.2 Å². The van der Waals surface area contributed by atoms with Crippen molar-refractivity contribution >= 4 is 0 Å². The molecule has 0 unspecified atom stereocenters. The van der Waals surface area contributed by atoms with Crippen molar-refractivity contribution in [2.24, 2.45) is 0 Å². The summed E-state index contributed by atoms with van der Waals surface area (Å²) in [5.41, 5.74) is 0. The SMILES string of the molecule is [CH2-]OCO[CH2-].[Y].[Y]. The van der Waals surface area contributed by atoms with Crippen LogP contribution in [0.2, 0.25) is 0 Å². The third-order valence-corrected chi connectivity index (χ3v) is 0.167. The van der Waals surface area contributed by atoms with Crippen LogP contribution in [0.1, 0.15) is 0 Å². The molecule has 38 valence electrons. The van der Waals surface area contributed by atoms with E-state index in [0.29, 0.717) is 0 Å². The molecule has 0 N–H and O–H groups in total. The number of hydrogen-bond acceptors (Lipinski definition) is 2. The van der Waals surface area contributed by atoms with E-state index < -0.39 is 0 Å². The maximum absolute atomic E-state index is 4.16. The third-order valence-electron chi connectivity index (χ3n) is 0.167. The summed E-state index contributed by atoms with van der Waals surface area (Å²) in [5.74, 6) is 0. The van der Waals surface area contributed by atoms with Crippen LogP contribution in [0.4, 0.5) is 0 Å². The van der Waals surface area contributed by atoms with Crippen molar-refractivity contribution in [3.63, 3.8) is 0 Å². The van der Waals surface area contributed by atoms with Crippen LogP contribution >= 0.6 is 0 Å². The second kappa shape index (κ2) is 15.7. The zero-order valence-electron chi connectivity index (χ0n) is 4.09. The Morgan fingerprint density at radius 3 is 1.29 bits per heavy atom. The van der Waals surface area contributed by atoms with Crippen molar-refractivity contribution in [1.82, 2.24) is 0 Å². The third kappa shape index (κ3) is 17.9. The fourth-order valence-corrected chi connectivity index (χ4v) is 0.0589. The summed E-state index contributed by atoms with van der Waals surface area (Å²) in [6, 6.07) is 0. The van der Waals surface area contributed by atoms with Crippen LogP contribution in [-0.4, -0.2) is 6.79 Å². The predicted octanol–water partition coefficient (Wildman–Crippen LogP) is 0.555. The molecule has 0 saturated carbocycles. The molecule has 0 aliphatic carbocycles. The van der Waals surface area contributed by atoms with Gasteiger partial charge in [-0.3, -0.25) is 0 Å². The van der Waals surface area contributed by atoms with Crippen molar-refractivity contribution < 1.29 is 74.9 Å². The van der Waals surface area contributed by atoms with E-state index in [1.165, 1.54) is 0 Å². The quantitative estimate of drug-likeness (QED) is 0.528. The Morgan fingerprint density at radius 2 is 1.29 bits per heavy atom. The Labute approximate surface area is 94.5 Å². The molecule has 0 rings (SSSR count). The molecule has 4 heteroatoms. The minimum absolute atomic E-state index is 0. The molecule has 0 amide bonds. The smallest absolute Gasteiger partial charge is 0.0845 e. The van der Waals surface area contributed by atoms with Crippen molar-refractivity contribution in [3.05, 3.63) is 14.2 Å². The molecule has 0 atom stereocenters. The Bertz CT molecular complexity index is 18.4. The van der Waals surface area contributed by atoms with Crippen molar-refractivity contribution in [3.8, 4) is 0 Å². The molecular weight excluding hydrogens is 246 g/mol. The molecule has 0 aromatic heterocycles. The van der Waals surface area contributed by atoms with E-state index in [1.807, 2.05) is 0 Å². The monoisotopic (exact) mass is 252 g/mol. The van der Waals surface area contributed by atoms with E-state index in [2.05, 4.69) is 23.7 Å². The van der Waals surface area contributed by atoms with Gasteiger partial charge in [-0.2, -0.15) is 0 Å². The van der Waals surface area contributed by atoms with Crippen LogP contribution in [0.3, 0.4) is 0 Å². The van der Waals surface area contributed by atoms with Gasteiger partial charge in [0.05, 0.1) is 6.79 Å². The molecule has 0 aliphatic rings. The summed E-state index contributed by atoms with van der Waals surface area (Å²) >= 11 is 0. The van der Waals surface area contributed by atoms with Gasteiger partial charge < -0.3 is 9.47 Å². The summed E-state index contributed by atoms with van der Waals surface area (Å²) in [7, 11) is 6.02. The van der Waals surface area contributed by atoms with Gasteiger partial charge in [0, 0.05) is 65.4 Å². The maximum atomic E-state index is 4.16. The van der Waals surface area contributed by atoms with Gasteiger partial charge in [0.1, 0.15) is 0 Å². The maximum Gasteiger partial charge on any atom is 0.0845 e. The molecule has 0 aromatic rings. The first-order valence-electron chi connectivity index (χ1n) is 1.15. The molecule has 0 spiro atoms. The molecule has 0 aromatic carbocycles. The van der Waals surface area contributed by atoms with Crippen LogP contribution in [0.5, 0.6) is 0 Å². The Hall–Kier alpha value is 2.13. The zero-order chi connectivity index (χ0) is 4.12. The first-order valence-corrected chi connectivity index (χ1v) is 1.15. The minimum atomic E-state index is 0. The first kappa shape index (κ1) is 16.1. The summed E-state index contributed by atoms with van der Waals surface area (Å²) in [4.78, 5) is 0. The summed E-state index contributed by atoms with van der Waals surface area (Å²) in [6.45, 7) is 0.167. The van der Waals surface area contributed by atoms with E-state index in [9.17, 15) is 0 Å². The van der Waals surface area contributed by atoms with Gasteiger partial charge in [0.25, 0.3) is 0 Å². The van der Waals surface area contributed by atoms with E-state index in [0.717, 1.165) is 0 Å². The summed E-state index contributed by atoms with van der Waals surface area (Å²) < 4.78 is 8.31. The summed E-state index contributed by atoms with van der Waals surface area (Å²) in [6.07, 6.45) is 0. The van der Waals surface area contributed by atoms with E-state index in [4.69, 9.17) is 0 Å². The van der Waals surface area contributed by atoms with Crippen molar-refractivity contribution in [2.45, 2.75) is 0 Å². The van der Waals surface area contributed by atoms with Gasteiger partial charge in [-0.1, -0.05) is 0 Å². The molecule has 0 heterocycles. The largest absolute Gasteiger partial charge is 0.537 e. The average Bonchev–Trinajstić information content (AvgIpc) is 1.41. The van der Waals surface area contributed by atoms with E-state index in [1.54, 1.807) is 0 Å². The van der Waals surface area contributed by atoms with Gasteiger partial charge in [0.15, 0.2) is 0 Å². The van der Waals surface area contributed by atoms with Gasteiger partial charge in [-0.05, 0) is 0 Å². The number of ether oxygens (including phenoxy) is 2. The Kier molecular flexibility index (Phi) is 36.0. The molecule has 0 fully saturated rings. The molecule has 0 saturated heterocycles. The second-order valence-electron chi connectivity index (χ2n) is 0.526. The fourth-order valence-electron chi connectivity index (χ4n) is 0.0589. The first-order chi connectivity index (χ1) is 2.41. The fraction of sp³-hybridized carbons (Fsp3) is 0.333. The topological polar surface area (TPSA) is 18.5 Å². The predicted molar refractivity (Wildman–Crippen MR) is 17.8 cm³/mol. The number of hydrogen-bond donors (Lipinski definition) is 0. The van der Waals surface area contributed by atoms with Crippen LogP contribution < -0.4 is 0 Å². The van der Waals surface area contributed by atoms with E-state index >= 15 is 0 Å². The molecule has 2 radical (unpaired) electrons. The van der Waals surface area contributed by atoms with Gasteiger partial charge in [-0.15, -0.1) is 0 Å². The second-order valence-corrected chi connectivity index (χ2v) is 0.526. The number of rotatable bonds is 2. The van der Waals surface area contributed by atoms with Crippen LogP contribution in [0.15, 0.2) is 0 Å². The van der Waals surface area contributed by atoms with Crippen LogP contribution in [0, 0.1) is 14.2 Å². The standard InChI is InChI=1S/C3H6O2.2Y/c1-4-3-5-2;;/h1-3H2;;/q-2;;. The normalized spacial score (nSPS) is 6.00. The molecule has 0 aliphatic heterocycles. The van der Waals surface area contributed by atoms with Crippen LogP contribution in [0.25, 0.3) is 0 Å².